The Morgan fingerprint density at radius 2 is 2.22 bits per heavy atom. The Morgan fingerprint density at radius 3 is 2.67 bits per heavy atom. The molecule has 1 aromatic heterocycles. The Kier molecular flexibility index (Phi) is 3.68. The summed E-state index contributed by atoms with van der Waals surface area (Å²) in [6, 6.07) is 0. The number of aromatic nitrogens is 1. The van der Waals surface area contributed by atoms with Gasteiger partial charge in [0, 0.05) is 14.2 Å². The van der Waals surface area contributed by atoms with Gasteiger partial charge < -0.3 is 19.0 Å². The van der Waals surface area contributed by atoms with Crippen molar-refractivity contribution >= 4 is 5.97 Å². The zero-order chi connectivity index (χ0) is 13.2. The first-order valence-corrected chi connectivity index (χ1v) is 5.86. The summed E-state index contributed by atoms with van der Waals surface area (Å²) in [6.07, 6.45) is 3.53. The van der Waals surface area contributed by atoms with Gasteiger partial charge in [-0.15, -0.1) is 0 Å². The molecule has 0 saturated heterocycles. The summed E-state index contributed by atoms with van der Waals surface area (Å²) in [5.41, 5.74) is 0.0934. The van der Waals surface area contributed by atoms with Gasteiger partial charge in [0.25, 0.3) is 0 Å². The topological polar surface area (TPSA) is 81.8 Å². The second-order valence-electron chi connectivity index (χ2n) is 4.54. The van der Waals surface area contributed by atoms with E-state index in [1.165, 1.54) is 7.11 Å². The fourth-order valence-corrected chi connectivity index (χ4v) is 2.18. The highest BCUT2D eigenvalue weighted by Gasteiger charge is 2.39. The van der Waals surface area contributed by atoms with Crippen molar-refractivity contribution in [1.29, 1.82) is 0 Å². The maximum Gasteiger partial charge on any atom is 0.373 e. The highest BCUT2D eigenvalue weighted by Crippen LogP contribution is 2.38. The van der Waals surface area contributed by atoms with Crippen LogP contribution >= 0.6 is 0 Å². The Balaban J connectivity index is 2.18. The summed E-state index contributed by atoms with van der Waals surface area (Å²) in [5, 5.41) is 9.01. The first-order valence-electron chi connectivity index (χ1n) is 5.86. The summed E-state index contributed by atoms with van der Waals surface area (Å²) in [5.74, 6) is -0.862. The Morgan fingerprint density at radius 1 is 1.50 bits per heavy atom. The summed E-state index contributed by atoms with van der Waals surface area (Å²) in [7, 11) is 3.15. The molecular formula is C12H17NO5. The van der Waals surface area contributed by atoms with Crippen LogP contribution in [0.15, 0.2) is 4.42 Å². The summed E-state index contributed by atoms with van der Waals surface area (Å²) in [6.45, 7) is 0.130. The third-order valence-corrected chi connectivity index (χ3v) is 3.39. The number of oxazole rings is 1. The van der Waals surface area contributed by atoms with Gasteiger partial charge in [-0.1, -0.05) is 0 Å². The number of rotatable bonds is 6. The highest BCUT2D eigenvalue weighted by molar-refractivity contribution is 5.85. The van der Waals surface area contributed by atoms with E-state index in [1.54, 1.807) is 7.11 Å². The van der Waals surface area contributed by atoms with Crippen molar-refractivity contribution in [2.45, 2.75) is 37.9 Å². The number of carboxylic acid groups (broad SMARTS) is 1. The van der Waals surface area contributed by atoms with E-state index in [0.29, 0.717) is 18.0 Å². The zero-order valence-corrected chi connectivity index (χ0v) is 10.6. The van der Waals surface area contributed by atoms with E-state index in [1.807, 2.05) is 0 Å². The molecule has 0 atom stereocenters. The van der Waals surface area contributed by atoms with E-state index in [2.05, 4.69) is 4.98 Å². The monoisotopic (exact) mass is 255 g/mol. The van der Waals surface area contributed by atoms with Gasteiger partial charge in [-0.2, -0.15) is 0 Å². The lowest BCUT2D eigenvalue weighted by atomic mass is 9.77. The molecule has 2 rings (SSSR count). The van der Waals surface area contributed by atoms with E-state index < -0.39 is 5.97 Å². The van der Waals surface area contributed by atoms with Gasteiger partial charge in [0.1, 0.15) is 5.69 Å². The maximum absolute atomic E-state index is 11.0. The Bertz CT molecular complexity index is 430. The van der Waals surface area contributed by atoms with Crippen molar-refractivity contribution in [3.63, 3.8) is 0 Å². The third kappa shape index (κ3) is 2.39. The van der Waals surface area contributed by atoms with Crippen LogP contribution in [0.4, 0.5) is 0 Å². The molecule has 0 aromatic carbocycles. The molecule has 1 saturated carbocycles. The van der Waals surface area contributed by atoms with Crippen molar-refractivity contribution < 1.29 is 23.8 Å². The number of aromatic carboxylic acids is 1. The standard InChI is InChI=1S/C12H17NO5/c1-16-7-8-10(11(14)15)18-9(13-8)6-12(17-2)4-3-5-12/h3-7H2,1-2H3,(H,14,15). The zero-order valence-electron chi connectivity index (χ0n) is 10.6. The van der Waals surface area contributed by atoms with Crippen LogP contribution in [0, 0.1) is 0 Å². The SMILES string of the molecule is COCc1nc(CC2(OC)CCC2)oc1C(=O)O. The lowest BCUT2D eigenvalue weighted by molar-refractivity contribution is -0.0746. The van der Waals surface area contributed by atoms with Gasteiger partial charge in [-0.05, 0) is 19.3 Å². The average Bonchev–Trinajstić information content (AvgIpc) is 2.67. The molecular weight excluding hydrogens is 238 g/mol. The molecule has 1 N–H and O–H groups in total. The molecule has 1 aliphatic carbocycles. The van der Waals surface area contributed by atoms with Gasteiger partial charge in [0.15, 0.2) is 5.89 Å². The number of carbonyl (C=O) groups is 1. The van der Waals surface area contributed by atoms with Crippen molar-refractivity contribution in [3.05, 3.63) is 17.3 Å². The minimum atomic E-state index is -1.12. The number of nitrogens with zero attached hydrogens (tertiary/aromatic N) is 1. The van der Waals surface area contributed by atoms with E-state index in [4.69, 9.17) is 19.0 Å². The molecule has 1 aliphatic rings. The molecule has 0 aliphatic heterocycles. The molecule has 1 fully saturated rings. The van der Waals surface area contributed by atoms with E-state index in [0.717, 1.165) is 19.3 Å². The van der Waals surface area contributed by atoms with E-state index in [-0.39, 0.29) is 18.0 Å². The van der Waals surface area contributed by atoms with Gasteiger partial charge in [0.05, 0.1) is 18.6 Å². The van der Waals surface area contributed by atoms with Crippen molar-refractivity contribution in [2.75, 3.05) is 14.2 Å². The van der Waals surface area contributed by atoms with Crippen LogP contribution in [0.25, 0.3) is 0 Å². The minimum Gasteiger partial charge on any atom is -0.475 e. The fraction of sp³-hybridized carbons (Fsp3) is 0.667. The van der Waals surface area contributed by atoms with E-state index in [9.17, 15) is 4.79 Å². The van der Waals surface area contributed by atoms with Crippen molar-refractivity contribution in [2.24, 2.45) is 0 Å². The predicted octanol–water partition coefficient (Wildman–Crippen LogP) is 1.63. The number of hydrogen-bond acceptors (Lipinski definition) is 5. The van der Waals surface area contributed by atoms with E-state index >= 15 is 0 Å². The lowest BCUT2D eigenvalue weighted by Crippen LogP contribution is -2.41. The quantitative estimate of drug-likeness (QED) is 0.832. The minimum absolute atomic E-state index is 0.130. The van der Waals surface area contributed by atoms with Crippen LogP contribution in [-0.4, -0.2) is 35.9 Å². The second-order valence-corrected chi connectivity index (χ2v) is 4.54. The lowest BCUT2D eigenvalue weighted by Gasteiger charge is -2.39. The average molecular weight is 255 g/mol. The maximum atomic E-state index is 11.0. The summed E-state index contributed by atoms with van der Waals surface area (Å²) >= 11 is 0. The highest BCUT2D eigenvalue weighted by atomic mass is 16.5. The van der Waals surface area contributed by atoms with Crippen LogP contribution in [0.3, 0.4) is 0 Å². The number of hydrogen-bond donors (Lipinski definition) is 1. The van der Waals surface area contributed by atoms with Gasteiger partial charge >= 0.3 is 5.97 Å². The van der Waals surface area contributed by atoms with Crippen LogP contribution in [0.5, 0.6) is 0 Å². The molecule has 6 heteroatoms. The normalized spacial score (nSPS) is 17.4. The second kappa shape index (κ2) is 5.07. The molecule has 18 heavy (non-hydrogen) atoms. The molecule has 1 aromatic rings. The molecule has 6 nitrogen and oxygen atoms in total. The summed E-state index contributed by atoms with van der Waals surface area (Å²) in [4.78, 5) is 15.2. The van der Waals surface area contributed by atoms with Crippen molar-refractivity contribution in [1.82, 2.24) is 4.98 Å². The van der Waals surface area contributed by atoms with Gasteiger partial charge in [0.2, 0.25) is 5.76 Å². The largest absolute Gasteiger partial charge is 0.475 e. The van der Waals surface area contributed by atoms with Crippen LogP contribution in [0.1, 0.15) is 41.4 Å². The van der Waals surface area contributed by atoms with Crippen LogP contribution in [0.2, 0.25) is 0 Å². The van der Waals surface area contributed by atoms with Gasteiger partial charge in [-0.25, -0.2) is 9.78 Å². The Labute approximate surface area is 105 Å². The van der Waals surface area contributed by atoms with Crippen LogP contribution < -0.4 is 0 Å². The molecule has 100 valence electrons. The number of carboxylic acids is 1. The first-order chi connectivity index (χ1) is 8.60. The molecule has 0 bridgehead atoms. The van der Waals surface area contributed by atoms with Crippen molar-refractivity contribution in [3.8, 4) is 0 Å². The molecule has 0 radical (unpaired) electrons. The molecule has 1 heterocycles. The molecule has 0 spiro atoms. The smallest absolute Gasteiger partial charge is 0.373 e. The third-order valence-electron chi connectivity index (χ3n) is 3.39. The molecule has 0 unspecified atom stereocenters. The van der Waals surface area contributed by atoms with Gasteiger partial charge in [-0.3, -0.25) is 0 Å². The number of ether oxygens (including phenoxy) is 2. The summed E-state index contributed by atoms with van der Waals surface area (Å²) < 4.78 is 15.7. The first kappa shape index (κ1) is 13.0. The molecule has 0 amide bonds. The number of methoxy groups -OCH3 is 2. The fourth-order valence-electron chi connectivity index (χ4n) is 2.18. The predicted molar refractivity (Wildman–Crippen MR) is 61.5 cm³/mol. The Hall–Kier alpha value is -1.40. The van der Waals surface area contributed by atoms with Crippen LogP contribution in [-0.2, 0) is 22.5 Å².